The second-order valence-electron chi connectivity index (χ2n) is 4.27. The second-order valence-corrected chi connectivity index (χ2v) is 4.27. The van der Waals surface area contributed by atoms with E-state index in [0.29, 0.717) is 12.6 Å². The van der Waals surface area contributed by atoms with Crippen molar-refractivity contribution in [2.24, 2.45) is 4.99 Å². The lowest BCUT2D eigenvalue weighted by molar-refractivity contribution is 0.390. The summed E-state index contributed by atoms with van der Waals surface area (Å²) in [6, 6.07) is 6.20. The van der Waals surface area contributed by atoms with E-state index in [-0.39, 0.29) is 0 Å². The van der Waals surface area contributed by atoms with Crippen LogP contribution in [0.3, 0.4) is 0 Å². The molecule has 1 aromatic carbocycles. The molecule has 0 aromatic heterocycles. The fourth-order valence-electron chi connectivity index (χ4n) is 1.84. The van der Waals surface area contributed by atoms with E-state index in [1.807, 2.05) is 18.2 Å². The number of benzene rings is 1. The van der Waals surface area contributed by atoms with Crippen LogP contribution in [0.25, 0.3) is 0 Å². The van der Waals surface area contributed by atoms with E-state index in [1.54, 1.807) is 14.2 Å². The van der Waals surface area contributed by atoms with E-state index < -0.39 is 0 Å². The summed E-state index contributed by atoms with van der Waals surface area (Å²) in [5.41, 5.74) is 1.07. The first-order valence-corrected chi connectivity index (χ1v) is 5.98. The van der Waals surface area contributed by atoms with E-state index in [2.05, 4.69) is 22.5 Å². The van der Waals surface area contributed by atoms with Crippen LogP contribution in [0.1, 0.15) is 12.5 Å². The molecule has 1 unspecified atom stereocenters. The lowest BCUT2D eigenvalue weighted by Crippen LogP contribution is -2.37. The van der Waals surface area contributed by atoms with Crippen LogP contribution in [0, 0.1) is 0 Å². The van der Waals surface area contributed by atoms with Crippen molar-refractivity contribution < 1.29 is 9.47 Å². The number of rotatable bonds is 4. The first-order chi connectivity index (χ1) is 8.72. The van der Waals surface area contributed by atoms with Crippen LogP contribution in [0.2, 0.25) is 0 Å². The predicted molar refractivity (Wildman–Crippen MR) is 71.3 cm³/mol. The minimum Gasteiger partial charge on any atom is -0.497 e. The molecule has 2 rings (SSSR count). The summed E-state index contributed by atoms with van der Waals surface area (Å²) in [5, 5.41) is 6.52. The maximum atomic E-state index is 5.34. The van der Waals surface area contributed by atoms with Gasteiger partial charge in [-0.05, 0) is 19.1 Å². The van der Waals surface area contributed by atoms with E-state index in [9.17, 15) is 0 Å². The monoisotopic (exact) mass is 249 g/mol. The maximum Gasteiger partial charge on any atom is 0.191 e. The summed E-state index contributed by atoms with van der Waals surface area (Å²) in [6.07, 6.45) is 0. The Labute approximate surface area is 107 Å². The summed E-state index contributed by atoms with van der Waals surface area (Å²) in [6.45, 7) is 3.60. The zero-order chi connectivity index (χ0) is 13.0. The number of hydrogen-bond donors (Lipinski definition) is 2. The first-order valence-electron chi connectivity index (χ1n) is 5.98. The second kappa shape index (κ2) is 5.62. The van der Waals surface area contributed by atoms with Crippen molar-refractivity contribution in [3.8, 4) is 11.5 Å². The Bertz CT molecular complexity index is 446. The Hall–Kier alpha value is -1.91. The van der Waals surface area contributed by atoms with Gasteiger partial charge in [0.05, 0.1) is 20.8 Å². The molecule has 0 amide bonds. The molecule has 0 saturated carbocycles. The van der Waals surface area contributed by atoms with E-state index in [1.165, 1.54) is 0 Å². The fourth-order valence-corrected chi connectivity index (χ4v) is 1.84. The Kier molecular flexibility index (Phi) is 3.92. The molecule has 1 aliphatic heterocycles. The molecule has 0 aliphatic carbocycles. The van der Waals surface area contributed by atoms with Crippen LogP contribution in [0.5, 0.6) is 11.5 Å². The van der Waals surface area contributed by atoms with Gasteiger partial charge in [-0.3, -0.25) is 4.99 Å². The minimum absolute atomic E-state index is 0.408. The highest BCUT2D eigenvalue weighted by Crippen LogP contribution is 2.24. The van der Waals surface area contributed by atoms with Gasteiger partial charge in [-0.25, -0.2) is 0 Å². The Morgan fingerprint density at radius 2 is 2.22 bits per heavy atom. The van der Waals surface area contributed by atoms with Gasteiger partial charge in [0.15, 0.2) is 5.96 Å². The van der Waals surface area contributed by atoms with Crippen LogP contribution < -0.4 is 20.1 Å². The summed E-state index contributed by atoms with van der Waals surface area (Å²) in [5.74, 6) is 2.45. The number of hydrogen-bond acceptors (Lipinski definition) is 5. The molecule has 2 N–H and O–H groups in total. The van der Waals surface area contributed by atoms with Gasteiger partial charge in [0.2, 0.25) is 0 Å². The Balaban J connectivity index is 2.00. The quantitative estimate of drug-likeness (QED) is 0.840. The van der Waals surface area contributed by atoms with Crippen molar-refractivity contribution in [2.75, 3.05) is 20.8 Å². The molecular formula is C13H19N3O2. The third-order valence-electron chi connectivity index (χ3n) is 2.85. The Morgan fingerprint density at radius 3 is 2.83 bits per heavy atom. The van der Waals surface area contributed by atoms with E-state index >= 15 is 0 Å². The zero-order valence-corrected chi connectivity index (χ0v) is 11.0. The molecule has 1 heterocycles. The van der Waals surface area contributed by atoms with Crippen LogP contribution in [0.4, 0.5) is 0 Å². The molecule has 0 saturated heterocycles. The normalized spacial score (nSPS) is 17.9. The van der Waals surface area contributed by atoms with Crippen molar-refractivity contribution in [3.05, 3.63) is 23.8 Å². The van der Waals surface area contributed by atoms with Crippen molar-refractivity contribution in [1.29, 1.82) is 0 Å². The molecule has 98 valence electrons. The average molecular weight is 249 g/mol. The molecular weight excluding hydrogens is 230 g/mol. The summed E-state index contributed by atoms with van der Waals surface area (Å²) in [7, 11) is 3.30. The molecule has 1 aromatic rings. The Morgan fingerprint density at radius 1 is 1.39 bits per heavy atom. The highest BCUT2D eigenvalue weighted by atomic mass is 16.5. The summed E-state index contributed by atoms with van der Waals surface area (Å²) < 4.78 is 10.5. The number of ether oxygens (including phenoxy) is 2. The van der Waals surface area contributed by atoms with Gasteiger partial charge in [-0.1, -0.05) is 0 Å². The van der Waals surface area contributed by atoms with Gasteiger partial charge in [0.25, 0.3) is 0 Å². The van der Waals surface area contributed by atoms with Gasteiger partial charge in [0, 0.05) is 24.2 Å². The molecule has 1 atom stereocenters. The smallest absolute Gasteiger partial charge is 0.191 e. The van der Waals surface area contributed by atoms with Crippen LogP contribution in [-0.4, -0.2) is 32.8 Å². The van der Waals surface area contributed by atoms with Gasteiger partial charge in [0.1, 0.15) is 11.5 Å². The molecule has 0 fully saturated rings. The van der Waals surface area contributed by atoms with E-state index in [4.69, 9.17) is 9.47 Å². The minimum atomic E-state index is 0.408. The third-order valence-corrected chi connectivity index (χ3v) is 2.85. The number of guanidine groups is 1. The number of methoxy groups -OCH3 is 2. The van der Waals surface area contributed by atoms with Crippen molar-refractivity contribution in [2.45, 2.75) is 19.5 Å². The van der Waals surface area contributed by atoms with Gasteiger partial charge < -0.3 is 20.1 Å². The van der Waals surface area contributed by atoms with Gasteiger partial charge in [-0.15, -0.1) is 0 Å². The summed E-state index contributed by atoms with van der Waals surface area (Å²) in [4.78, 5) is 4.35. The first kappa shape index (κ1) is 12.5. The standard InChI is InChI=1S/C13H19N3O2/c1-9-7-14-13(16-9)15-8-10-4-5-11(17-2)6-12(10)18-3/h4-6,9H,7-8H2,1-3H3,(H2,14,15,16). The molecule has 1 aliphatic rings. The van der Waals surface area contributed by atoms with Crippen molar-refractivity contribution >= 4 is 5.96 Å². The molecule has 5 heteroatoms. The molecule has 5 nitrogen and oxygen atoms in total. The number of nitrogens with zero attached hydrogens (tertiary/aromatic N) is 1. The number of aliphatic imine (C=N–C) groups is 1. The maximum absolute atomic E-state index is 5.34. The van der Waals surface area contributed by atoms with Crippen LogP contribution in [0.15, 0.2) is 23.2 Å². The predicted octanol–water partition coefficient (Wildman–Crippen LogP) is 1.14. The van der Waals surface area contributed by atoms with E-state index in [0.717, 1.165) is 29.6 Å². The zero-order valence-electron chi connectivity index (χ0n) is 11.0. The molecule has 0 spiro atoms. The van der Waals surface area contributed by atoms with Gasteiger partial charge in [-0.2, -0.15) is 0 Å². The average Bonchev–Trinajstić information content (AvgIpc) is 2.82. The molecule has 0 radical (unpaired) electrons. The molecule has 0 bridgehead atoms. The highest BCUT2D eigenvalue weighted by molar-refractivity contribution is 5.81. The van der Waals surface area contributed by atoms with Crippen LogP contribution >= 0.6 is 0 Å². The van der Waals surface area contributed by atoms with Crippen LogP contribution in [-0.2, 0) is 6.54 Å². The fraction of sp³-hybridized carbons (Fsp3) is 0.462. The number of nitrogens with one attached hydrogen (secondary N) is 2. The summed E-state index contributed by atoms with van der Waals surface area (Å²) >= 11 is 0. The molecule has 18 heavy (non-hydrogen) atoms. The lowest BCUT2D eigenvalue weighted by atomic mass is 10.2. The van der Waals surface area contributed by atoms with Crippen molar-refractivity contribution in [3.63, 3.8) is 0 Å². The van der Waals surface area contributed by atoms with Crippen molar-refractivity contribution in [1.82, 2.24) is 10.6 Å². The lowest BCUT2D eigenvalue weighted by Gasteiger charge is -2.12. The third kappa shape index (κ3) is 2.85. The largest absolute Gasteiger partial charge is 0.497 e. The topological polar surface area (TPSA) is 54.9 Å². The van der Waals surface area contributed by atoms with Gasteiger partial charge >= 0.3 is 0 Å². The SMILES string of the molecule is COc1ccc(CNC2=NCC(C)N2)c(OC)c1. The highest BCUT2D eigenvalue weighted by Gasteiger charge is 2.12.